The van der Waals surface area contributed by atoms with Crippen LogP contribution in [0.5, 0.6) is 0 Å². The highest BCUT2D eigenvalue weighted by Gasteiger charge is 2.29. The van der Waals surface area contributed by atoms with Crippen molar-refractivity contribution in [3.8, 4) is 0 Å². The van der Waals surface area contributed by atoms with E-state index in [1.54, 1.807) is 0 Å². The third kappa shape index (κ3) is 2.64. The van der Waals surface area contributed by atoms with Crippen LogP contribution in [0.2, 0.25) is 0 Å². The third-order valence-electron chi connectivity index (χ3n) is 3.60. The first-order valence-corrected chi connectivity index (χ1v) is 6.39. The Hall–Kier alpha value is -1.55. The van der Waals surface area contributed by atoms with Crippen LogP contribution >= 0.6 is 0 Å². The van der Waals surface area contributed by atoms with Crippen LogP contribution in [0.1, 0.15) is 12.0 Å². The second kappa shape index (κ2) is 5.40. The van der Waals surface area contributed by atoms with Crippen molar-refractivity contribution in [3.05, 3.63) is 29.8 Å². The molecule has 4 heteroatoms. The third-order valence-corrected chi connectivity index (χ3v) is 3.60. The van der Waals surface area contributed by atoms with E-state index in [0.29, 0.717) is 13.1 Å². The number of nitrogens with zero attached hydrogens (tertiary/aromatic N) is 2. The van der Waals surface area contributed by atoms with Crippen molar-refractivity contribution in [1.29, 1.82) is 0 Å². The second-order valence-electron chi connectivity index (χ2n) is 4.95. The Morgan fingerprint density at radius 1 is 1.33 bits per heavy atom. The summed E-state index contributed by atoms with van der Waals surface area (Å²) in [6.45, 7) is 4.00. The zero-order chi connectivity index (χ0) is 13.1. The van der Waals surface area contributed by atoms with Gasteiger partial charge in [-0.05, 0) is 32.0 Å². The van der Waals surface area contributed by atoms with Gasteiger partial charge in [0.25, 0.3) is 0 Å². The van der Waals surface area contributed by atoms with E-state index in [9.17, 15) is 4.79 Å². The standard InChI is InChI=1S/C14H21N3O/c1-11-3-5-12(6-4-11)17-9-13(7-8-15)16(2)14(18)10-17/h3-6,13H,7-10,15H2,1-2H3. The van der Waals surface area contributed by atoms with Crippen molar-refractivity contribution >= 4 is 11.6 Å². The maximum absolute atomic E-state index is 12.0. The summed E-state index contributed by atoms with van der Waals surface area (Å²) in [5.41, 5.74) is 7.96. The summed E-state index contributed by atoms with van der Waals surface area (Å²) in [7, 11) is 1.87. The average molecular weight is 247 g/mol. The van der Waals surface area contributed by atoms with Crippen LogP contribution in [0.4, 0.5) is 5.69 Å². The Kier molecular flexibility index (Phi) is 3.87. The number of anilines is 1. The number of benzene rings is 1. The predicted molar refractivity (Wildman–Crippen MR) is 73.6 cm³/mol. The highest BCUT2D eigenvalue weighted by Crippen LogP contribution is 2.20. The number of aryl methyl sites for hydroxylation is 1. The molecule has 0 spiro atoms. The highest BCUT2D eigenvalue weighted by molar-refractivity contribution is 5.83. The van der Waals surface area contributed by atoms with E-state index in [1.165, 1.54) is 5.56 Å². The molecule has 1 amide bonds. The minimum atomic E-state index is 0.167. The summed E-state index contributed by atoms with van der Waals surface area (Å²) in [5.74, 6) is 0.167. The fourth-order valence-corrected chi connectivity index (χ4v) is 2.35. The van der Waals surface area contributed by atoms with Gasteiger partial charge in [0, 0.05) is 19.3 Å². The zero-order valence-electron chi connectivity index (χ0n) is 11.1. The molecule has 18 heavy (non-hydrogen) atoms. The molecule has 0 saturated carbocycles. The number of amides is 1. The van der Waals surface area contributed by atoms with Crippen LogP contribution in [0.15, 0.2) is 24.3 Å². The minimum Gasteiger partial charge on any atom is -0.360 e. The quantitative estimate of drug-likeness (QED) is 0.866. The first-order chi connectivity index (χ1) is 8.61. The van der Waals surface area contributed by atoms with Gasteiger partial charge in [0.1, 0.15) is 0 Å². The van der Waals surface area contributed by atoms with E-state index in [-0.39, 0.29) is 11.9 Å². The molecule has 0 radical (unpaired) electrons. The molecule has 1 aliphatic rings. The number of nitrogens with two attached hydrogens (primary N) is 1. The van der Waals surface area contributed by atoms with E-state index >= 15 is 0 Å². The first kappa shape index (κ1) is 12.9. The summed E-state index contributed by atoms with van der Waals surface area (Å²) in [6.07, 6.45) is 0.852. The fraction of sp³-hybridized carbons (Fsp3) is 0.500. The number of hydrogen-bond acceptors (Lipinski definition) is 3. The average Bonchev–Trinajstić information content (AvgIpc) is 2.36. The van der Waals surface area contributed by atoms with Crippen LogP contribution in [-0.2, 0) is 4.79 Å². The Morgan fingerprint density at radius 3 is 2.61 bits per heavy atom. The largest absolute Gasteiger partial charge is 0.360 e. The molecular formula is C14H21N3O. The molecule has 1 aliphatic heterocycles. The molecule has 0 bridgehead atoms. The van der Waals surface area contributed by atoms with Crippen LogP contribution in [0.25, 0.3) is 0 Å². The van der Waals surface area contributed by atoms with Gasteiger partial charge in [-0.25, -0.2) is 0 Å². The van der Waals surface area contributed by atoms with Gasteiger partial charge in [0.2, 0.25) is 5.91 Å². The lowest BCUT2D eigenvalue weighted by Crippen LogP contribution is -2.55. The number of piperazine rings is 1. The fourth-order valence-electron chi connectivity index (χ4n) is 2.35. The lowest BCUT2D eigenvalue weighted by Gasteiger charge is -2.40. The lowest BCUT2D eigenvalue weighted by atomic mass is 10.1. The summed E-state index contributed by atoms with van der Waals surface area (Å²) in [6, 6.07) is 8.53. The normalized spacial score (nSPS) is 20.4. The van der Waals surface area contributed by atoms with Gasteiger partial charge >= 0.3 is 0 Å². The minimum absolute atomic E-state index is 0.167. The molecular weight excluding hydrogens is 226 g/mol. The molecule has 4 nitrogen and oxygen atoms in total. The highest BCUT2D eigenvalue weighted by atomic mass is 16.2. The van der Waals surface area contributed by atoms with Crippen LogP contribution < -0.4 is 10.6 Å². The molecule has 1 aromatic rings. The monoisotopic (exact) mass is 247 g/mol. The van der Waals surface area contributed by atoms with Gasteiger partial charge in [0.15, 0.2) is 0 Å². The lowest BCUT2D eigenvalue weighted by molar-refractivity contribution is -0.132. The maximum Gasteiger partial charge on any atom is 0.242 e. The van der Waals surface area contributed by atoms with Crippen molar-refractivity contribution in [3.63, 3.8) is 0 Å². The van der Waals surface area contributed by atoms with Gasteiger partial charge in [-0.1, -0.05) is 17.7 Å². The van der Waals surface area contributed by atoms with Crippen molar-refractivity contribution in [1.82, 2.24) is 4.90 Å². The van der Waals surface area contributed by atoms with E-state index < -0.39 is 0 Å². The summed E-state index contributed by atoms with van der Waals surface area (Å²) in [4.78, 5) is 15.9. The summed E-state index contributed by atoms with van der Waals surface area (Å²) in [5, 5.41) is 0. The van der Waals surface area contributed by atoms with E-state index in [4.69, 9.17) is 5.73 Å². The van der Waals surface area contributed by atoms with Gasteiger partial charge < -0.3 is 15.5 Å². The van der Waals surface area contributed by atoms with E-state index in [1.807, 2.05) is 11.9 Å². The van der Waals surface area contributed by atoms with Gasteiger partial charge in [-0.2, -0.15) is 0 Å². The van der Waals surface area contributed by atoms with Crippen LogP contribution in [-0.4, -0.2) is 43.5 Å². The Morgan fingerprint density at radius 2 is 2.00 bits per heavy atom. The number of carbonyl (C=O) groups excluding carboxylic acids is 1. The van der Waals surface area contributed by atoms with Crippen molar-refractivity contribution in [2.75, 3.05) is 31.6 Å². The second-order valence-corrected chi connectivity index (χ2v) is 4.95. The van der Waals surface area contributed by atoms with Gasteiger partial charge in [0.05, 0.1) is 12.6 Å². The van der Waals surface area contributed by atoms with Gasteiger partial charge in [-0.15, -0.1) is 0 Å². The smallest absolute Gasteiger partial charge is 0.242 e. The van der Waals surface area contributed by atoms with Crippen LogP contribution in [0.3, 0.4) is 0 Å². The van der Waals surface area contributed by atoms with Crippen molar-refractivity contribution in [2.45, 2.75) is 19.4 Å². The Labute approximate surface area is 108 Å². The summed E-state index contributed by atoms with van der Waals surface area (Å²) >= 11 is 0. The maximum atomic E-state index is 12.0. The molecule has 1 atom stereocenters. The molecule has 1 unspecified atom stereocenters. The topological polar surface area (TPSA) is 49.6 Å². The summed E-state index contributed by atoms with van der Waals surface area (Å²) < 4.78 is 0. The zero-order valence-corrected chi connectivity index (χ0v) is 11.1. The number of hydrogen-bond donors (Lipinski definition) is 1. The van der Waals surface area contributed by atoms with Gasteiger partial charge in [-0.3, -0.25) is 4.79 Å². The van der Waals surface area contributed by atoms with E-state index in [2.05, 4.69) is 36.1 Å². The van der Waals surface area contributed by atoms with Crippen molar-refractivity contribution in [2.24, 2.45) is 5.73 Å². The van der Waals surface area contributed by atoms with E-state index in [0.717, 1.165) is 18.7 Å². The number of rotatable bonds is 3. The molecule has 1 fully saturated rings. The van der Waals surface area contributed by atoms with Crippen molar-refractivity contribution < 1.29 is 4.79 Å². The first-order valence-electron chi connectivity index (χ1n) is 6.39. The molecule has 0 aliphatic carbocycles. The molecule has 1 aromatic carbocycles. The molecule has 98 valence electrons. The predicted octanol–water partition coefficient (Wildman–Crippen LogP) is 0.991. The van der Waals surface area contributed by atoms with Crippen LogP contribution in [0, 0.1) is 6.92 Å². The number of likely N-dealkylation sites (N-methyl/N-ethyl adjacent to an activating group) is 1. The number of carbonyl (C=O) groups is 1. The Bertz CT molecular complexity index is 416. The molecule has 1 saturated heterocycles. The SMILES string of the molecule is Cc1ccc(N2CC(=O)N(C)C(CCN)C2)cc1. The molecule has 1 heterocycles. The molecule has 2 N–H and O–H groups in total. The molecule has 2 rings (SSSR count). The Balaban J connectivity index is 2.14. The molecule has 0 aromatic heterocycles.